The molecular formula is C9H11N5O2S. The van der Waals surface area contributed by atoms with Gasteiger partial charge >= 0.3 is 5.97 Å². The number of hydrogen-bond acceptors (Lipinski definition) is 6. The maximum absolute atomic E-state index is 10.7. The summed E-state index contributed by atoms with van der Waals surface area (Å²) < 4.78 is 0. The Kier molecular flexibility index (Phi) is 3.35. The van der Waals surface area contributed by atoms with Crippen molar-refractivity contribution in [2.24, 2.45) is 5.73 Å². The second-order valence-corrected chi connectivity index (χ2v) is 4.21. The molecule has 17 heavy (non-hydrogen) atoms. The van der Waals surface area contributed by atoms with Crippen LogP contribution in [0.15, 0.2) is 17.8 Å². The second-order valence-electron chi connectivity index (χ2n) is 3.35. The number of anilines is 1. The minimum atomic E-state index is -1.09. The van der Waals surface area contributed by atoms with Crippen LogP contribution >= 0.6 is 11.3 Å². The van der Waals surface area contributed by atoms with Gasteiger partial charge < -0.3 is 16.2 Å². The van der Waals surface area contributed by atoms with Crippen LogP contribution in [0.1, 0.15) is 17.3 Å². The minimum absolute atomic E-state index is 0.359. The van der Waals surface area contributed by atoms with Gasteiger partial charge in [-0.25, -0.2) is 4.98 Å². The molecule has 0 spiro atoms. The Morgan fingerprint density at radius 1 is 1.71 bits per heavy atom. The molecule has 2 rings (SSSR count). The maximum Gasteiger partial charge on any atom is 0.326 e. The van der Waals surface area contributed by atoms with Crippen LogP contribution in [0, 0.1) is 0 Å². The zero-order valence-corrected chi connectivity index (χ0v) is 9.57. The van der Waals surface area contributed by atoms with E-state index in [1.165, 1.54) is 11.3 Å². The fourth-order valence-electron chi connectivity index (χ4n) is 1.19. The van der Waals surface area contributed by atoms with Crippen LogP contribution in [0.2, 0.25) is 0 Å². The average Bonchev–Trinajstić information content (AvgIpc) is 2.96. The number of aliphatic carboxylic acids is 1. The van der Waals surface area contributed by atoms with Gasteiger partial charge in [0.2, 0.25) is 0 Å². The number of rotatable bonds is 5. The predicted octanol–water partition coefficient (Wildman–Crippen LogP) is 0.563. The summed E-state index contributed by atoms with van der Waals surface area (Å²) in [6.07, 6.45) is 3.47. The number of aromatic nitrogens is 3. The van der Waals surface area contributed by atoms with Gasteiger partial charge in [-0.05, 0) is 0 Å². The van der Waals surface area contributed by atoms with E-state index in [1.807, 2.05) is 0 Å². The molecule has 2 heterocycles. The summed E-state index contributed by atoms with van der Waals surface area (Å²) in [5.74, 6) is -1.09. The second kappa shape index (κ2) is 4.93. The van der Waals surface area contributed by atoms with Gasteiger partial charge in [0.25, 0.3) is 0 Å². The average molecular weight is 253 g/mol. The number of aromatic amines is 1. The van der Waals surface area contributed by atoms with Crippen LogP contribution in [0.4, 0.5) is 5.13 Å². The molecule has 0 aromatic carbocycles. The number of H-pyrrole nitrogens is 1. The molecule has 0 bridgehead atoms. The van der Waals surface area contributed by atoms with Gasteiger partial charge in [-0.2, -0.15) is 5.10 Å². The highest BCUT2D eigenvalue weighted by molar-refractivity contribution is 7.13. The number of carbonyl (C=O) groups is 1. The van der Waals surface area contributed by atoms with Crippen LogP contribution in [0.3, 0.4) is 0 Å². The number of nitrogens with zero attached hydrogens (tertiary/aromatic N) is 2. The van der Waals surface area contributed by atoms with Crippen LogP contribution in [0.5, 0.6) is 0 Å². The Hall–Kier alpha value is -1.93. The van der Waals surface area contributed by atoms with Crippen molar-refractivity contribution in [3.05, 3.63) is 29.0 Å². The third kappa shape index (κ3) is 2.80. The standard InChI is InChI=1S/C9H11N5O2S/c10-7(8(15)16)6-4-17-9(14-6)11-1-5-2-12-13-3-5/h2-4,7H,1,10H2,(H,11,14)(H,12,13)(H,15,16). The molecule has 1 atom stereocenters. The summed E-state index contributed by atoms with van der Waals surface area (Å²) in [4.78, 5) is 14.8. The molecule has 8 heteroatoms. The van der Waals surface area contributed by atoms with E-state index in [0.717, 1.165) is 5.56 Å². The molecule has 90 valence electrons. The lowest BCUT2D eigenvalue weighted by Crippen LogP contribution is -2.20. The molecule has 2 aromatic heterocycles. The smallest absolute Gasteiger partial charge is 0.326 e. The van der Waals surface area contributed by atoms with Crippen LogP contribution in [0.25, 0.3) is 0 Å². The molecule has 1 unspecified atom stereocenters. The lowest BCUT2D eigenvalue weighted by molar-refractivity contribution is -0.138. The van der Waals surface area contributed by atoms with E-state index in [0.29, 0.717) is 17.4 Å². The molecule has 7 nitrogen and oxygen atoms in total. The molecule has 0 saturated heterocycles. The number of nitrogens with one attached hydrogen (secondary N) is 2. The highest BCUT2D eigenvalue weighted by Crippen LogP contribution is 2.20. The van der Waals surface area contributed by atoms with Gasteiger partial charge in [-0.3, -0.25) is 9.89 Å². The molecule has 2 aromatic rings. The van der Waals surface area contributed by atoms with E-state index >= 15 is 0 Å². The molecule has 5 N–H and O–H groups in total. The van der Waals surface area contributed by atoms with Crippen molar-refractivity contribution in [3.63, 3.8) is 0 Å². The number of carboxylic acid groups (broad SMARTS) is 1. The van der Waals surface area contributed by atoms with Gasteiger partial charge in [0, 0.05) is 23.7 Å². The predicted molar refractivity (Wildman–Crippen MR) is 62.6 cm³/mol. The minimum Gasteiger partial charge on any atom is -0.480 e. The van der Waals surface area contributed by atoms with Gasteiger partial charge in [0.15, 0.2) is 5.13 Å². The fraction of sp³-hybridized carbons (Fsp3) is 0.222. The van der Waals surface area contributed by atoms with Crippen molar-refractivity contribution in [1.82, 2.24) is 15.2 Å². The third-order valence-electron chi connectivity index (χ3n) is 2.11. The summed E-state index contributed by atoms with van der Waals surface area (Å²) in [7, 11) is 0. The molecule has 0 aliphatic heterocycles. The topological polar surface area (TPSA) is 117 Å². The van der Waals surface area contributed by atoms with E-state index in [9.17, 15) is 4.79 Å². The normalized spacial score (nSPS) is 12.3. The monoisotopic (exact) mass is 253 g/mol. The van der Waals surface area contributed by atoms with E-state index in [4.69, 9.17) is 10.8 Å². The molecular weight excluding hydrogens is 242 g/mol. The zero-order chi connectivity index (χ0) is 12.3. The Labute approximate surface area is 101 Å². The van der Waals surface area contributed by atoms with E-state index in [2.05, 4.69) is 20.5 Å². The van der Waals surface area contributed by atoms with Gasteiger partial charge in [-0.15, -0.1) is 11.3 Å². The van der Waals surface area contributed by atoms with Crippen molar-refractivity contribution < 1.29 is 9.90 Å². The lowest BCUT2D eigenvalue weighted by atomic mass is 10.2. The summed E-state index contributed by atoms with van der Waals surface area (Å²) >= 11 is 1.32. The van der Waals surface area contributed by atoms with Crippen molar-refractivity contribution >= 4 is 22.4 Å². The molecule has 0 aliphatic carbocycles. The summed E-state index contributed by atoms with van der Waals surface area (Å²) in [5, 5.41) is 20.6. The zero-order valence-electron chi connectivity index (χ0n) is 8.75. The van der Waals surface area contributed by atoms with E-state index in [-0.39, 0.29) is 0 Å². The first-order valence-corrected chi connectivity index (χ1v) is 5.70. The fourth-order valence-corrected chi connectivity index (χ4v) is 1.93. The first-order valence-electron chi connectivity index (χ1n) is 4.82. The maximum atomic E-state index is 10.7. The Bertz CT molecular complexity index is 495. The van der Waals surface area contributed by atoms with E-state index < -0.39 is 12.0 Å². The van der Waals surface area contributed by atoms with Gasteiger partial charge in [0.05, 0.1) is 11.9 Å². The highest BCUT2D eigenvalue weighted by Gasteiger charge is 2.17. The summed E-state index contributed by atoms with van der Waals surface area (Å²) in [5.41, 5.74) is 6.79. The number of carboxylic acids is 1. The van der Waals surface area contributed by atoms with Crippen LogP contribution in [-0.2, 0) is 11.3 Å². The molecule has 0 amide bonds. The number of hydrogen-bond donors (Lipinski definition) is 4. The Morgan fingerprint density at radius 2 is 2.53 bits per heavy atom. The van der Waals surface area contributed by atoms with Gasteiger partial charge in [0.1, 0.15) is 6.04 Å². The lowest BCUT2D eigenvalue weighted by Gasteiger charge is -2.01. The third-order valence-corrected chi connectivity index (χ3v) is 2.92. The number of thiazole rings is 1. The molecule has 0 aliphatic rings. The summed E-state index contributed by atoms with van der Waals surface area (Å²) in [6, 6.07) is -1.07. The van der Waals surface area contributed by atoms with Crippen molar-refractivity contribution in [2.75, 3.05) is 5.32 Å². The first-order chi connectivity index (χ1) is 8.16. The number of nitrogens with two attached hydrogens (primary N) is 1. The van der Waals surface area contributed by atoms with Crippen molar-refractivity contribution in [3.8, 4) is 0 Å². The summed E-state index contributed by atoms with van der Waals surface area (Å²) in [6.45, 7) is 0.575. The first kappa shape index (κ1) is 11.6. The molecule has 0 radical (unpaired) electrons. The molecule has 0 saturated carbocycles. The van der Waals surface area contributed by atoms with Crippen molar-refractivity contribution in [2.45, 2.75) is 12.6 Å². The Balaban J connectivity index is 1.96. The van der Waals surface area contributed by atoms with Crippen molar-refractivity contribution in [1.29, 1.82) is 0 Å². The van der Waals surface area contributed by atoms with E-state index in [1.54, 1.807) is 17.8 Å². The highest BCUT2D eigenvalue weighted by atomic mass is 32.1. The SMILES string of the molecule is NC(C(=O)O)c1csc(NCc2cn[nH]c2)n1. The quantitative estimate of drug-likeness (QED) is 0.618. The van der Waals surface area contributed by atoms with Crippen LogP contribution in [-0.4, -0.2) is 26.3 Å². The largest absolute Gasteiger partial charge is 0.480 e. The van der Waals surface area contributed by atoms with Crippen LogP contribution < -0.4 is 11.1 Å². The van der Waals surface area contributed by atoms with Gasteiger partial charge in [-0.1, -0.05) is 0 Å². The Morgan fingerprint density at radius 3 is 3.18 bits per heavy atom. The molecule has 0 fully saturated rings.